The van der Waals surface area contributed by atoms with Crippen LogP contribution in [0.3, 0.4) is 0 Å². The molecular formula is C19H19Cl2NO2. The Morgan fingerprint density at radius 2 is 1.62 bits per heavy atom. The van der Waals surface area contributed by atoms with Crippen molar-refractivity contribution in [3.8, 4) is 0 Å². The number of benzene rings is 2. The van der Waals surface area contributed by atoms with Crippen molar-refractivity contribution in [3.05, 3.63) is 69.7 Å². The quantitative estimate of drug-likeness (QED) is 0.866. The van der Waals surface area contributed by atoms with Crippen molar-refractivity contribution in [1.82, 2.24) is 4.90 Å². The lowest BCUT2D eigenvalue weighted by Gasteiger charge is -2.34. The van der Waals surface area contributed by atoms with Crippen molar-refractivity contribution < 1.29 is 9.90 Å². The number of halogens is 2. The number of nitrogens with zero attached hydrogens (tertiary/aromatic N) is 1. The van der Waals surface area contributed by atoms with Gasteiger partial charge in [-0.05, 0) is 42.5 Å². The van der Waals surface area contributed by atoms with Crippen LogP contribution in [-0.2, 0) is 0 Å². The molecule has 1 saturated heterocycles. The second-order valence-electron chi connectivity index (χ2n) is 6.14. The number of hydrogen-bond acceptors (Lipinski definition) is 2. The first-order valence-electron chi connectivity index (χ1n) is 8.03. The summed E-state index contributed by atoms with van der Waals surface area (Å²) in [5, 5.41) is 11.4. The number of likely N-dealkylation sites (tertiary alicyclic amines) is 1. The van der Waals surface area contributed by atoms with Crippen LogP contribution < -0.4 is 0 Å². The van der Waals surface area contributed by atoms with E-state index in [0.717, 1.165) is 18.4 Å². The van der Waals surface area contributed by atoms with Crippen molar-refractivity contribution in [1.29, 1.82) is 0 Å². The highest BCUT2D eigenvalue weighted by atomic mass is 35.5. The van der Waals surface area contributed by atoms with Crippen molar-refractivity contribution in [3.63, 3.8) is 0 Å². The molecule has 5 heteroatoms. The number of amides is 1. The van der Waals surface area contributed by atoms with Gasteiger partial charge in [0.15, 0.2) is 0 Å². The molecule has 126 valence electrons. The van der Waals surface area contributed by atoms with Gasteiger partial charge in [0, 0.05) is 28.7 Å². The molecule has 24 heavy (non-hydrogen) atoms. The molecule has 0 aromatic heterocycles. The first kappa shape index (κ1) is 17.3. The topological polar surface area (TPSA) is 40.5 Å². The second-order valence-corrected chi connectivity index (χ2v) is 7.02. The van der Waals surface area contributed by atoms with Crippen LogP contribution in [0.25, 0.3) is 0 Å². The predicted octanol–water partition coefficient (Wildman–Crippen LogP) is 4.58. The van der Waals surface area contributed by atoms with Crippen LogP contribution >= 0.6 is 23.2 Å². The number of aliphatic hydroxyl groups is 1. The third kappa shape index (κ3) is 3.92. The largest absolute Gasteiger partial charge is 0.388 e. The zero-order valence-electron chi connectivity index (χ0n) is 13.2. The van der Waals surface area contributed by atoms with Crippen LogP contribution in [0.2, 0.25) is 10.0 Å². The Balaban J connectivity index is 1.63. The van der Waals surface area contributed by atoms with Crippen molar-refractivity contribution in [2.45, 2.75) is 18.9 Å². The van der Waals surface area contributed by atoms with E-state index in [0.29, 0.717) is 28.7 Å². The van der Waals surface area contributed by atoms with Crippen LogP contribution in [0.15, 0.2) is 48.5 Å². The summed E-state index contributed by atoms with van der Waals surface area (Å²) in [4.78, 5) is 14.4. The summed E-state index contributed by atoms with van der Waals surface area (Å²) < 4.78 is 0. The number of rotatable bonds is 3. The van der Waals surface area contributed by atoms with E-state index in [1.165, 1.54) is 0 Å². The second kappa shape index (κ2) is 7.56. The Morgan fingerprint density at radius 3 is 2.21 bits per heavy atom. The number of carbonyl (C=O) groups excluding carboxylic acids is 1. The Morgan fingerprint density at radius 1 is 1.04 bits per heavy atom. The highest BCUT2D eigenvalue weighted by Crippen LogP contribution is 2.31. The minimum atomic E-state index is -0.482. The lowest BCUT2D eigenvalue weighted by molar-refractivity contribution is 0.0462. The summed E-state index contributed by atoms with van der Waals surface area (Å²) in [5.41, 5.74) is 1.44. The molecule has 1 unspecified atom stereocenters. The molecular weight excluding hydrogens is 345 g/mol. The van der Waals surface area contributed by atoms with Gasteiger partial charge in [0.2, 0.25) is 0 Å². The molecule has 1 heterocycles. The van der Waals surface area contributed by atoms with E-state index in [1.807, 2.05) is 30.3 Å². The summed E-state index contributed by atoms with van der Waals surface area (Å²) in [6.45, 7) is 1.25. The van der Waals surface area contributed by atoms with Gasteiger partial charge in [0.25, 0.3) is 5.91 Å². The third-order valence-corrected chi connectivity index (χ3v) is 4.96. The number of aliphatic hydroxyl groups excluding tert-OH is 1. The van der Waals surface area contributed by atoms with Crippen LogP contribution in [-0.4, -0.2) is 29.0 Å². The third-order valence-electron chi connectivity index (χ3n) is 4.52. The van der Waals surface area contributed by atoms with Gasteiger partial charge in [-0.3, -0.25) is 4.79 Å². The SMILES string of the molecule is O=C(c1cc(Cl)cc(Cl)c1)N1CCC(C(O)c2ccccc2)CC1. The molecule has 3 nitrogen and oxygen atoms in total. The van der Waals surface area contributed by atoms with Gasteiger partial charge in [0.05, 0.1) is 6.10 Å². The van der Waals surface area contributed by atoms with Gasteiger partial charge < -0.3 is 10.0 Å². The molecule has 1 atom stereocenters. The monoisotopic (exact) mass is 363 g/mol. The maximum atomic E-state index is 12.6. The molecule has 1 aliphatic heterocycles. The fraction of sp³-hybridized carbons (Fsp3) is 0.316. The maximum Gasteiger partial charge on any atom is 0.253 e. The molecule has 2 aromatic rings. The molecule has 3 rings (SSSR count). The Kier molecular flexibility index (Phi) is 5.44. The van der Waals surface area contributed by atoms with Gasteiger partial charge in [0.1, 0.15) is 0 Å². The molecule has 0 spiro atoms. The van der Waals surface area contributed by atoms with Crippen LogP contribution in [0, 0.1) is 5.92 Å². The predicted molar refractivity (Wildman–Crippen MR) is 96.5 cm³/mol. The smallest absolute Gasteiger partial charge is 0.253 e. The van der Waals surface area contributed by atoms with E-state index in [1.54, 1.807) is 23.1 Å². The molecule has 2 aromatic carbocycles. The lowest BCUT2D eigenvalue weighted by atomic mass is 9.87. The van der Waals surface area contributed by atoms with Gasteiger partial charge in [-0.25, -0.2) is 0 Å². The van der Waals surface area contributed by atoms with Crippen LogP contribution in [0.5, 0.6) is 0 Å². The molecule has 0 aliphatic carbocycles. The zero-order valence-corrected chi connectivity index (χ0v) is 14.7. The fourth-order valence-corrected chi connectivity index (χ4v) is 3.73. The summed E-state index contributed by atoms with van der Waals surface area (Å²) in [6, 6.07) is 14.6. The van der Waals surface area contributed by atoms with E-state index < -0.39 is 6.10 Å². The van der Waals surface area contributed by atoms with E-state index in [9.17, 15) is 9.90 Å². The van der Waals surface area contributed by atoms with Gasteiger partial charge in [-0.15, -0.1) is 0 Å². The minimum Gasteiger partial charge on any atom is -0.388 e. The average molecular weight is 364 g/mol. The zero-order chi connectivity index (χ0) is 17.1. The Hall–Kier alpha value is -1.55. The molecule has 0 bridgehead atoms. The molecule has 1 aliphatic rings. The Bertz CT molecular complexity index is 692. The number of carbonyl (C=O) groups is 1. The van der Waals surface area contributed by atoms with Gasteiger partial charge in [-0.2, -0.15) is 0 Å². The van der Waals surface area contributed by atoms with E-state index in [2.05, 4.69) is 0 Å². The molecule has 1 amide bonds. The summed E-state index contributed by atoms with van der Waals surface area (Å²) >= 11 is 12.0. The molecule has 0 radical (unpaired) electrons. The van der Waals surface area contributed by atoms with E-state index >= 15 is 0 Å². The highest BCUT2D eigenvalue weighted by Gasteiger charge is 2.28. The Labute approximate surface area is 151 Å². The first-order valence-corrected chi connectivity index (χ1v) is 8.78. The van der Waals surface area contributed by atoms with Crippen molar-refractivity contribution in [2.75, 3.05) is 13.1 Å². The fourth-order valence-electron chi connectivity index (χ4n) is 3.20. The van der Waals surface area contributed by atoms with Crippen LogP contribution in [0.1, 0.15) is 34.9 Å². The van der Waals surface area contributed by atoms with E-state index in [-0.39, 0.29) is 11.8 Å². The highest BCUT2D eigenvalue weighted by molar-refractivity contribution is 6.35. The summed E-state index contributed by atoms with van der Waals surface area (Å²) in [6.07, 6.45) is 1.07. The molecule has 0 saturated carbocycles. The van der Waals surface area contributed by atoms with Crippen molar-refractivity contribution in [2.24, 2.45) is 5.92 Å². The molecule has 1 fully saturated rings. The van der Waals surface area contributed by atoms with Crippen LogP contribution in [0.4, 0.5) is 0 Å². The average Bonchev–Trinajstić information content (AvgIpc) is 2.60. The summed E-state index contributed by atoms with van der Waals surface area (Å²) in [5.74, 6) is 0.103. The van der Waals surface area contributed by atoms with Gasteiger partial charge >= 0.3 is 0 Å². The summed E-state index contributed by atoms with van der Waals surface area (Å²) in [7, 11) is 0. The van der Waals surface area contributed by atoms with E-state index in [4.69, 9.17) is 23.2 Å². The molecule has 1 N–H and O–H groups in total. The number of piperidine rings is 1. The first-order chi connectivity index (χ1) is 11.5. The maximum absolute atomic E-state index is 12.6. The van der Waals surface area contributed by atoms with Gasteiger partial charge in [-0.1, -0.05) is 53.5 Å². The minimum absolute atomic E-state index is 0.0629. The van der Waals surface area contributed by atoms with Crippen molar-refractivity contribution >= 4 is 29.1 Å². The lowest BCUT2D eigenvalue weighted by Crippen LogP contribution is -2.39. The normalized spacial score (nSPS) is 16.9. The standard InChI is InChI=1S/C19H19Cl2NO2/c20-16-10-15(11-17(21)12-16)19(24)22-8-6-14(7-9-22)18(23)13-4-2-1-3-5-13/h1-5,10-12,14,18,23H,6-9H2. The number of hydrogen-bond donors (Lipinski definition) is 1.